The summed E-state index contributed by atoms with van der Waals surface area (Å²) in [4.78, 5) is 26.5. The van der Waals surface area contributed by atoms with Gasteiger partial charge in [0.1, 0.15) is 0 Å². The largest absolute Gasteiger partial charge is 0.315 e. The molecule has 4 heteroatoms. The van der Waals surface area contributed by atoms with E-state index in [2.05, 4.69) is 19.2 Å². The fraction of sp³-hybridized carbons (Fsp3) is 0.857. The first-order valence-electron chi connectivity index (χ1n) is 7.17. The standard InChI is InChI=1S/C14H22N2O2/c1-8-5-10-11(6-8)14(18)16(13(10)17)12-7-15-4-3-9(12)2/h8-12,15H,3-7H2,1-2H3. The van der Waals surface area contributed by atoms with Gasteiger partial charge in [-0.1, -0.05) is 13.8 Å². The average Bonchev–Trinajstić information content (AvgIpc) is 2.82. The normalized spacial score (nSPS) is 44.6. The Labute approximate surface area is 108 Å². The van der Waals surface area contributed by atoms with E-state index in [0.717, 1.165) is 32.4 Å². The zero-order valence-electron chi connectivity index (χ0n) is 11.2. The van der Waals surface area contributed by atoms with Gasteiger partial charge in [0.05, 0.1) is 17.9 Å². The number of hydrogen-bond donors (Lipinski definition) is 1. The maximum Gasteiger partial charge on any atom is 0.233 e. The molecular formula is C14H22N2O2. The number of amides is 2. The van der Waals surface area contributed by atoms with Crippen LogP contribution in [0.2, 0.25) is 0 Å². The highest BCUT2D eigenvalue weighted by molar-refractivity contribution is 6.05. The van der Waals surface area contributed by atoms with Crippen LogP contribution in [0.25, 0.3) is 0 Å². The summed E-state index contributed by atoms with van der Waals surface area (Å²) in [6.07, 6.45) is 2.86. The quantitative estimate of drug-likeness (QED) is 0.707. The molecule has 0 aromatic rings. The van der Waals surface area contributed by atoms with E-state index >= 15 is 0 Å². The lowest BCUT2D eigenvalue weighted by molar-refractivity contribution is -0.144. The number of imide groups is 1. The first-order valence-corrected chi connectivity index (χ1v) is 7.17. The number of likely N-dealkylation sites (tertiary alicyclic amines) is 1. The van der Waals surface area contributed by atoms with E-state index in [1.165, 1.54) is 0 Å². The van der Waals surface area contributed by atoms with Gasteiger partial charge in [-0.05, 0) is 37.6 Å². The second kappa shape index (κ2) is 4.34. The Balaban J connectivity index is 1.82. The van der Waals surface area contributed by atoms with Crippen LogP contribution in [0.5, 0.6) is 0 Å². The minimum Gasteiger partial charge on any atom is -0.315 e. The van der Waals surface area contributed by atoms with Crippen molar-refractivity contribution in [3.05, 3.63) is 0 Å². The predicted octanol–water partition coefficient (Wildman–Crippen LogP) is 1.02. The molecule has 2 aliphatic heterocycles. The molecular weight excluding hydrogens is 228 g/mol. The molecule has 0 bridgehead atoms. The van der Waals surface area contributed by atoms with Gasteiger partial charge in [0.25, 0.3) is 0 Å². The van der Waals surface area contributed by atoms with Gasteiger partial charge in [0, 0.05) is 6.54 Å². The number of hydrogen-bond acceptors (Lipinski definition) is 3. The van der Waals surface area contributed by atoms with Crippen molar-refractivity contribution >= 4 is 11.8 Å². The second-order valence-corrected chi connectivity index (χ2v) is 6.37. The van der Waals surface area contributed by atoms with Crippen LogP contribution in [0.15, 0.2) is 0 Å². The molecule has 3 fully saturated rings. The van der Waals surface area contributed by atoms with Crippen molar-refractivity contribution in [2.45, 2.75) is 39.2 Å². The second-order valence-electron chi connectivity index (χ2n) is 6.37. The molecule has 2 amide bonds. The lowest BCUT2D eigenvalue weighted by Crippen LogP contribution is -2.53. The van der Waals surface area contributed by atoms with Crippen LogP contribution >= 0.6 is 0 Å². The lowest BCUT2D eigenvalue weighted by atomic mass is 9.93. The van der Waals surface area contributed by atoms with E-state index in [4.69, 9.17) is 0 Å². The highest BCUT2D eigenvalue weighted by atomic mass is 16.2. The van der Waals surface area contributed by atoms with Crippen molar-refractivity contribution in [1.29, 1.82) is 0 Å². The van der Waals surface area contributed by atoms with Gasteiger partial charge in [0.15, 0.2) is 0 Å². The van der Waals surface area contributed by atoms with E-state index in [1.54, 1.807) is 4.90 Å². The SMILES string of the molecule is CC1CC2C(=O)N(C3CNCCC3C)C(=O)C2C1. The van der Waals surface area contributed by atoms with Crippen LogP contribution < -0.4 is 5.32 Å². The number of carbonyl (C=O) groups excluding carboxylic acids is 2. The van der Waals surface area contributed by atoms with Crippen molar-refractivity contribution in [3.63, 3.8) is 0 Å². The van der Waals surface area contributed by atoms with Gasteiger partial charge < -0.3 is 5.32 Å². The molecule has 100 valence electrons. The monoisotopic (exact) mass is 250 g/mol. The summed E-state index contributed by atoms with van der Waals surface area (Å²) in [5, 5.41) is 3.31. The zero-order chi connectivity index (χ0) is 12.9. The van der Waals surface area contributed by atoms with Gasteiger partial charge in [-0.3, -0.25) is 14.5 Å². The van der Waals surface area contributed by atoms with E-state index in [-0.39, 0.29) is 29.7 Å². The molecule has 3 aliphatic rings. The Morgan fingerprint density at radius 2 is 1.72 bits per heavy atom. The summed E-state index contributed by atoms with van der Waals surface area (Å²) < 4.78 is 0. The lowest BCUT2D eigenvalue weighted by Gasteiger charge is -2.36. The van der Waals surface area contributed by atoms with Gasteiger partial charge in [-0.2, -0.15) is 0 Å². The molecule has 2 saturated heterocycles. The first-order chi connectivity index (χ1) is 8.59. The van der Waals surface area contributed by atoms with Crippen molar-refractivity contribution < 1.29 is 9.59 Å². The maximum absolute atomic E-state index is 12.5. The van der Waals surface area contributed by atoms with Crippen LogP contribution in [0.4, 0.5) is 0 Å². The molecule has 1 saturated carbocycles. The number of nitrogens with zero attached hydrogens (tertiary/aromatic N) is 1. The Kier molecular flexibility index (Phi) is 2.93. The molecule has 2 heterocycles. The number of nitrogens with one attached hydrogen (secondary N) is 1. The van der Waals surface area contributed by atoms with Crippen molar-refractivity contribution in [3.8, 4) is 0 Å². The maximum atomic E-state index is 12.5. The molecule has 0 spiro atoms. The molecule has 18 heavy (non-hydrogen) atoms. The minimum absolute atomic E-state index is 0.0124. The molecule has 4 nitrogen and oxygen atoms in total. The van der Waals surface area contributed by atoms with Gasteiger partial charge in [-0.25, -0.2) is 0 Å². The fourth-order valence-electron chi connectivity index (χ4n) is 3.95. The van der Waals surface area contributed by atoms with Gasteiger partial charge in [-0.15, -0.1) is 0 Å². The van der Waals surface area contributed by atoms with E-state index in [9.17, 15) is 9.59 Å². The smallest absolute Gasteiger partial charge is 0.233 e. The average molecular weight is 250 g/mol. The molecule has 0 aromatic carbocycles. The van der Waals surface area contributed by atoms with Crippen molar-refractivity contribution in [1.82, 2.24) is 10.2 Å². The summed E-state index contributed by atoms with van der Waals surface area (Å²) in [7, 11) is 0. The summed E-state index contributed by atoms with van der Waals surface area (Å²) in [5.74, 6) is 1.14. The molecule has 3 rings (SSSR count). The molecule has 4 atom stereocenters. The van der Waals surface area contributed by atoms with Crippen molar-refractivity contribution in [2.24, 2.45) is 23.7 Å². The van der Waals surface area contributed by atoms with Crippen LogP contribution in [-0.2, 0) is 9.59 Å². The Hall–Kier alpha value is -0.900. The summed E-state index contributed by atoms with van der Waals surface area (Å²) in [6, 6.07) is 0.0830. The van der Waals surface area contributed by atoms with Gasteiger partial charge in [0.2, 0.25) is 11.8 Å². The Morgan fingerprint density at radius 3 is 2.28 bits per heavy atom. The number of piperidine rings is 1. The van der Waals surface area contributed by atoms with Crippen molar-refractivity contribution in [2.75, 3.05) is 13.1 Å². The number of carbonyl (C=O) groups is 2. The van der Waals surface area contributed by atoms with E-state index in [0.29, 0.717) is 11.8 Å². The van der Waals surface area contributed by atoms with E-state index < -0.39 is 0 Å². The molecule has 0 radical (unpaired) electrons. The zero-order valence-corrected chi connectivity index (χ0v) is 11.2. The molecule has 1 N–H and O–H groups in total. The van der Waals surface area contributed by atoms with Crippen LogP contribution in [-0.4, -0.2) is 35.8 Å². The Morgan fingerprint density at radius 1 is 1.11 bits per heavy atom. The predicted molar refractivity (Wildman–Crippen MR) is 67.7 cm³/mol. The summed E-state index contributed by atoms with van der Waals surface area (Å²) in [6.45, 7) is 6.07. The molecule has 0 aromatic heterocycles. The number of fused-ring (bicyclic) bond motifs is 1. The minimum atomic E-state index is -0.0124. The molecule has 1 aliphatic carbocycles. The van der Waals surface area contributed by atoms with E-state index in [1.807, 2.05) is 0 Å². The van der Waals surface area contributed by atoms with Gasteiger partial charge >= 0.3 is 0 Å². The highest BCUT2D eigenvalue weighted by Crippen LogP contribution is 2.44. The Bertz CT molecular complexity index is 358. The fourth-order valence-corrected chi connectivity index (χ4v) is 3.95. The number of rotatable bonds is 1. The van der Waals surface area contributed by atoms with Crippen LogP contribution in [0.3, 0.4) is 0 Å². The topological polar surface area (TPSA) is 49.4 Å². The van der Waals surface area contributed by atoms with Crippen LogP contribution in [0, 0.1) is 23.7 Å². The molecule has 4 unspecified atom stereocenters. The van der Waals surface area contributed by atoms with Crippen LogP contribution in [0.1, 0.15) is 33.1 Å². The first kappa shape index (κ1) is 12.2. The summed E-state index contributed by atoms with van der Waals surface area (Å²) >= 11 is 0. The third kappa shape index (κ3) is 1.69. The third-order valence-electron chi connectivity index (χ3n) is 5.03. The summed E-state index contributed by atoms with van der Waals surface area (Å²) in [5.41, 5.74) is 0. The highest BCUT2D eigenvalue weighted by Gasteiger charge is 2.54. The third-order valence-corrected chi connectivity index (χ3v) is 5.03.